The second kappa shape index (κ2) is 6.68. The van der Waals surface area contributed by atoms with Crippen LogP contribution in [0, 0.1) is 5.82 Å². The van der Waals surface area contributed by atoms with Crippen LogP contribution in [0.5, 0.6) is 0 Å². The van der Waals surface area contributed by atoms with Gasteiger partial charge in [0.1, 0.15) is 5.82 Å². The van der Waals surface area contributed by atoms with Crippen LogP contribution < -0.4 is 0 Å². The molecule has 1 aliphatic heterocycles. The van der Waals surface area contributed by atoms with Crippen LogP contribution in [0.25, 0.3) is 0 Å². The zero-order valence-electron chi connectivity index (χ0n) is 10.4. The predicted molar refractivity (Wildman–Crippen MR) is 77.2 cm³/mol. The van der Waals surface area contributed by atoms with Gasteiger partial charge in [0.2, 0.25) is 0 Å². The minimum Gasteiger partial charge on any atom is -0.336 e. The molecule has 0 N–H and O–H groups in total. The Morgan fingerprint density at radius 2 is 2.00 bits per heavy atom. The summed E-state index contributed by atoms with van der Waals surface area (Å²) in [6.45, 7) is 3.61. The van der Waals surface area contributed by atoms with Gasteiger partial charge in [-0.1, -0.05) is 6.07 Å². The first-order valence-electron chi connectivity index (χ1n) is 6.15. The van der Waals surface area contributed by atoms with Crippen molar-refractivity contribution in [3.05, 3.63) is 34.1 Å². The highest BCUT2D eigenvalue weighted by Crippen LogP contribution is 2.22. The van der Waals surface area contributed by atoms with Crippen LogP contribution in [0.4, 0.5) is 4.39 Å². The van der Waals surface area contributed by atoms with E-state index in [-0.39, 0.29) is 11.5 Å². The Morgan fingerprint density at radius 3 is 2.58 bits per heavy atom. The second-order valence-electron chi connectivity index (χ2n) is 4.42. The molecule has 0 aromatic heterocycles. The molecule has 19 heavy (non-hydrogen) atoms. The molecule has 1 saturated heterocycles. The number of rotatable bonds is 3. The quantitative estimate of drug-likeness (QED) is 0.783. The van der Waals surface area contributed by atoms with Crippen molar-refractivity contribution in [2.45, 2.75) is 0 Å². The van der Waals surface area contributed by atoms with Gasteiger partial charge in [-0.25, -0.2) is 4.39 Å². The summed E-state index contributed by atoms with van der Waals surface area (Å²) in [5.41, 5.74) is 0.119. The normalized spacial score (nSPS) is 16.7. The molecule has 0 spiro atoms. The SMILES string of the molecule is O=C(c1c(F)cccc1Br)N1CCN(CCCl)CC1. The first-order valence-corrected chi connectivity index (χ1v) is 7.48. The van der Waals surface area contributed by atoms with Crippen molar-refractivity contribution in [2.75, 3.05) is 38.6 Å². The van der Waals surface area contributed by atoms with E-state index in [4.69, 9.17) is 11.6 Å². The van der Waals surface area contributed by atoms with Crippen molar-refractivity contribution < 1.29 is 9.18 Å². The Balaban J connectivity index is 2.05. The molecule has 2 rings (SSSR count). The highest BCUT2D eigenvalue weighted by molar-refractivity contribution is 9.10. The zero-order chi connectivity index (χ0) is 13.8. The minimum atomic E-state index is -0.484. The lowest BCUT2D eigenvalue weighted by Crippen LogP contribution is -2.49. The number of carbonyl (C=O) groups is 1. The summed E-state index contributed by atoms with van der Waals surface area (Å²) in [4.78, 5) is 16.2. The number of nitrogens with zero attached hydrogens (tertiary/aromatic N) is 2. The molecule has 1 amide bonds. The Labute approximate surface area is 125 Å². The molecule has 104 valence electrons. The van der Waals surface area contributed by atoms with Crippen molar-refractivity contribution in [3.8, 4) is 0 Å². The van der Waals surface area contributed by atoms with Gasteiger partial charge in [-0.15, -0.1) is 11.6 Å². The summed E-state index contributed by atoms with van der Waals surface area (Å²) in [7, 11) is 0. The van der Waals surface area contributed by atoms with Gasteiger partial charge in [0.05, 0.1) is 5.56 Å². The average Bonchev–Trinajstić information content (AvgIpc) is 2.39. The van der Waals surface area contributed by atoms with Crippen molar-refractivity contribution in [1.82, 2.24) is 9.80 Å². The molecular formula is C13H15BrClFN2O. The summed E-state index contributed by atoms with van der Waals surface area (Å²) in [6.07, 6.45) is 0. The largest absolute Gasteiger partial charge is 0.336 e. The lowest BCUT2D eigenvalue weighted by Gasteiger charge is -2.34. The third kappa shape index (κ3) is 3.46. The van der Waals surface area contributed by atoms with Crippen molar-refractivity contribution in [2.24, 2.45) is 0 Å². The van der Waals surface area contributed by atoms with E-state index in [2.05, 4.69) is 20.8 Å². The fraction of sp³-hybridized carbons (Fsp3) is 0.462. The van der Waals surface area contributed by atoms with Gasteiger partial charge in [0, 0.05) is 43.1 Å². The molecule has 0 atom stereocenters. The maximum atomic E-state index is 13.7. The van der Waals surface area contributed by atoms with E-state index in [0.717, 1.165) is 19.6 Å². The number of hydrogen-bond acceptors (Lipinski definition) is 2. The van der Waals surface area contributed by atoms with Crippen LogP contribution in [0.3, 0.4) is 0 Å². The lowest BCUT2D eigenvalue weighted by atomic mass is 10.1. The van der Waals surface area contributed by atoms with Crippen molar-refractivity contribution >= 4 is 33.4 Å². The summed E-state index contributed by atoms with van der Waals surface area (Å²) in [6, 6.07) is 4.57. The summed E-state index contributed by atoms with van der Waals surface area (Å²) < 4.78 is 14.2. The number of piperazine rings is 1. The van der Waals surface area contributed by atoms with Crippen LogP contribution in [0.2, 0.25) is 0 Å². The Kier molecular flexibility index (Phi) is 5.19. The number of halogens is 3. The van der Waals surface area contributed by atoms with Gasteiger partial charge in [0.15, 0.2) is 0 Å². The number of carbonyl (C=O) groups excluding carboxylic acids is 1. The first kappa shape index (κ1) is 14.8. The molecular weight excluding hydrogens is 335 g/mol. The molecule has 6 heteroatoms. The van der Waals surface area contributed by atoms with E-state index in [9.17, 15) is 9.18 Å². The van der Waals surface area contributed by atoms with Crippen LogP contribution >= 0.6 is 27.5 Å². The second-order valence-corrected chi connectivity index (χ2v) is 5.65. The van der Waals surface area contributed by atoms with Crippen molar-refractivity contribution in [3.63, 3.8) is 0 Å². The molecule has 0 bridgehead atoms. The molecule has 1 aromatic carbocycles. The highest BCUT2D eigenvalue weighted by Gasteiger charge is 2.25. The maximum absolute atomic E-state index is 13.7. The van der Waals surface area contributed by atoms with Crippen LogP contribution in [-0.2, 0) is 0 Å². The molecule has 1 fully saturated rings. The predicted octanol–water partition coefficient (Wildman–Crippen LogP) is 2.58. The zero-order valence-corrected chi connectivity index (χ0v) is 12.8. The summed E-state index contributed by atoms with van der Waals surface area (Å²) >= 11 is 8.93. The monoisotopic (exact) mass is 348 g/mol. The maximum Gasteiger partial charge on any atom is 0.258 e. The van der Waals surface area contributed by atoms with Crippen LogP contribution in [0.15, 0.2) is 22.7 Å². The van der Waals surface area contributed by atoms with E-state index in [1.54, 1.807) is 17.0 Å². The van der Waals surface area contributed by atoms with E-state index in [0.29, 0.717) is 23.4 Å². The molecule has 1 heterocycles. The van der Waals surface area contributed by atoms with Gasteiger partial charge in [-0.05, 0) is 28.1 Å². The smallest absolute Gasteiger partial charge is 0.258 e. The molecule has 1 aromatic rings. The van der Waals surface area contributed by atoms with Gasteiger partial charge in [0.25, 0.3) is 5.91 Å². The Bertz CT molecular complexity index is 444. The molecule has 0 aliphatic carbocycles. The topological polar surface area (TPSA) is 23.6 Å². The number of benzene rings is 1. The van der Waals surface area contributed by atoms with Gasteiger partial charge in [-0.2, -0.15) is 0 Å². The fourth-order valence-electron chi connectivity index (χ4n) is 2.15. The summed E-state index contributed by atoms with van der Waals surface area (Å²) in [5.74, 6) is -0.148. The average molecular weight is 350 g/mol. The van der Waals surface area contributed by atoms with E-state index in [1.165, 1.54) is 6.07 Å². The fourth-order valence-corrected chi connectivity index (χ4v) is 2.90. The van der Waals surface area contributed by atoms with Crippen molar-refractivity contribution in [1.29, 1.82) is 0 Å². The molecule has 3 nitrogen and oxygen atoms in total. The number of hydrogen-bond donors (Lipinski definition) is 0. The lowest BCUT2D eigenvalue weighted by molar-refractivity contribution is 0.0639. The Hall–Kier alpha value is -0.650. The van der Waals surface area contributed by atoms with Gasteiger partial charge in [-0.3, -0.25) is 9.69 Å². The van der Waals surface area contributed by atoms with E-state index < -0.39 is 5.82 Å². The third-order valence-corrected chi connectivity index (χ3v) is 4.07. The van der Waals surface area contributed by atoms with E-state index in [1.807, 2.05) is 0 Å². The molecule has 0 radical (unpaired) electrons. The van der Waals surface area contributed by atoms with Gasteiger partial charge >= 0.3 is 0 Å². The molecule has 1 aliphatic rings. The minimum absolute atomic E-state index is 0.119. The highest BCUT2D eigenvalue weighted by atomic mass is 79.9. The molecule has 0 saturated carbocycles. The first-order chi connectivity index (χ1) is 9.13. The number of alkyl halides is 1. The third-order valence-electron chi connectivity index (χ3n) is 3.24. The number of amides is 1. The standard InChI is InChI=1S/C13H15BrClFN2O/c14-10-2-1-3-11(16)12(10)13(19)18-8-6-17(5-4-15)7-9-18/h1-3H,4-9H2. The van der Waals surface area contributed by atoms with Gasteiger partial charge < -0.3 is 4.90 Å². The van der Waals surface area contributed by atoms with Crippen LogP contribution in [0.1, 0.15) is 10.4 Å². The van der Waals surface area contributed by atoms with Crippen LogP contribution in [-0.4, -0.2) is 54.3 Å². The van der Waals surface area contributed by atoms with E-state index >= 15 is 0 Å². The molecule has 0 unspecified atom stereocenters. The summed E-state index contributed by atoms with van der Waals surface area (Å²) in [5, 5.41) is 0. The Morgan fingerprint density at radius 1 is 1.32 bits per heavy atom.